The molecule has 2 heterocycles. The Balaban J connectivity index is 1.95. The van der Waals surface area contributed by atoms with Crippen LogP contribution in [0, 0.1) is 0 Å². The molecule has 0 aliphatic carbocycles. The molecule has 0 bridgehead atoms. The summed E-state index contributed by atoms with van der Waals surface area (Å²) in [6, 6.07) is 6.23. The highest BCUT2D eigenvalue weighted by atomic mass is 16.6. The van der Waals surface area contributed by atoms with E-state index in [0.717, 1.165) is 5.57 Å². The standard InChI is InChI=1S/C21H22O7/c1-12(2)9-19(23)28-17(21(3,4)24)11-26-20-13-5-6-18(22)27-16(13)10-15-14(20)7-8-25-15/h5-10,17,24H,11H2,1-4H3. The van der Waals surface area contributed by atoms with Crippen molar-refractivity contribution in [1.82, 2.24) is 0 Å². The minimum atomic E-state index is -1.34. The highest BCUT2D eigenvalue weighted by Crippen LogP contribution is 2.35. The number of fused-ring (bicyclic) bond motifs is 2. The van der Waals surface area contributed by atoms with Gasteiger partial charge < -0.3 is 23.4 Å². The molecule has 0 fully saturated rings. The third kappa shape index (κ3) is 4.26. The average Bonchev–Trinajstić information content (AvgIpc) is 3.03. The zero-order valence-corrected chi connectivity index (χ0v) is 16.1. The van der Waals surface area contributed by atoms with Gasteiger partial charge in [-0.2, -0.15) is 0 Å². The van der Waals surface area contributed by atoms with Crippen molar-refractivity contribution in [3.63, 3.8) is 0 Å². The van der Waals surface area contributed by atoms with E-state index < -0.39 is 23.3 Å². The van der Waals surface area contributed by atoms with Crippen LogP contribution in [0.15, 0.2) is 55.8 Å². The van der Waals surface area contributed by atoms with Crippen molar-refractivity contribution in [1.29, 1.82) is 0 Å². The number of benzene rings is 1. The van der Waals surface area contributed by atoms with E-state index in [-0.39, 0.29) is 6.61 Å². The van der Waals surface area contributed by atoms with Crippen LogP contribution in [0.5, 0.6) is 5.75 Å². The van der Waals surface area contributed by atoms with E-state index in [4.69, 9.17) is 18.3 Å². The number of allylic oxidation sites excluding steroid dienone is 1. The molecule has 148 valence electrons. The molecule has 0 saturated carbocycles. The number of rotatable bonds is 6. The van der Waals surface area contributed by atoms with Crippen LogP contribution in [-0.4, -0.2) is 29.4 Å². The Bertz CT molecular complexity index is 1090. The van der Waals surface area contributed by atoms with Gasteiger partial charge in [-0.1, -0.05) is 5.57 Å². The summed E-state index contributed by atoms with van der Waals surface area (Å²) in [7, 11) is 0. The molecule has 1 aromatic carbocycles. The second-order valence-electron chi connectivity index (χ2n) is 7.32. The van der Waals surface area contributed by atoms with E-state index in [9.17, 15) is 14.7 Å². The van der Waals surface area contributed by atoms with Crippen molar-refractivity contribution in [2.45, 2.75) is 39.4 Å². The maximum Gasteiger partial charge on any atom is 0.336 e. The van der Waals surface area contributed by atoms with E-state index in [1.807, 2.05) is 0 Å². The highest BCUT2D eigenvalue weighted by Gasteiger charge is 2.31. The van der Waals surface area contributed by atoms with Crippen molar-refractivity contribution in [2.75, 3.05) is 6.61 Å². The maximum atomic E-state index is 12.0. The lowest BCUT2D eigenvalue weighted by atomic mass is 10.0. The first-order valence-electron chi connectivity index (χ1n) is 8.80. The maximum absolute atomic E-state index is 12.0. The molecule has 7 heteroatoms. The summed E-state index contributed by atoms with van der Waals surface area (Å²) in [6.07, 6.45) is 1.92. The topological polar surface area (TPSA) is 99.1 Å². The van der Waals surface area contributed by atoms with Crippen molar-refractivity contribution in [3.8, 4) is 5.75 Å². The van der Waals surface area contributed by atoms with Crippen LogP contribution in [0.25, 0.3) is 21.9 Å². The fourth-order valence-corrected chi connectivity index (χ4v) is 2.72. The van der Waals surface area contributed by atoms with Gasteiger partial charge in [0, 0.05) is 18.2 Å². The van der Waals surface area contributed by atoms with Crippen LogP contribution < -0.4 is 10.4 Å². The number of ether oxygens (including phenoxy) is 2. The molecule has 2 aromatic heterocycles. The fourth-order valence-electron chi connectivity index (χ4n) is 2.72. The minimum Gasteiger partial charge on any atom is -0.488 e. The Kier molecular flexibility index (Phi) is 5.29. The second kappa shape index (κ2) is 7.52. The summed E-state index contributed by atoms with van der Waals surface area (Å²) in [5.41, 5.74) is -0.249. The molecule has 0 aliphatic rings. The third-order valence-electron chi connectivity index (χ3n) is 4.14. The number of furan rings is 1. The SMILES string of the molecule is CC(C)=CC(=O)OC(COc1c2ccoc2cc2oc(=O)ccc12)C(C)(C)O. The molecule has 28 heavy (non-hydrogen) atoms. The zero-order valence-electron chi connectivity index (χ0n) is 16.1. The summed E-state index contributed by atoms with van der Waals surface area (Å²) < 4.78 is 22.0. The Hall–Kier alpha value is -3.06. The monoisotopic (exact) mass is 386 g/mol. The molecule has 0 aliphatic heterocycles. The lowest BCUT2D eigenvalue weighted by Gasteiger charge is -2.28. The normalized spacial score (nSPS) is 12.8. The first kappa shape index (κ1) is 19.7. The van der Waals surface area contributed by atoms with Gasteiger partial charge in [-0.3, -0.25) is 0 Å². The van der Waals surface area contributed by atoms with Crippen LogP contribution >= 0.6 is 0 Å². The van der Waals surface area contributed by atoms with Gasteiger partial charge in [0.25, 0.3) is 0 Å². The number of carbonyl (C=O) groups excluding carboxylic acids is 1. The summed E-state index contributed by atoms with van der Waals surface area (Å²) in [6.45, 7) is 6.51. The number of aliphatic hydroxyl groups is 1. The average molecular weight is 386 g/mol. The largest absolute Gasteiger partial charge is 0.488 e. The molecule has 7 nitrogen and oxygen atoms in total. The van der Waals surface area contributed by atoms with Crippen molar-refractivity contribution >= 4 is 27.9 Å². The second-order valence-corrected chi connectivity index (χ2v) is 7.32. The van der Waals surface area contributed by atoms with Gasteiger partial charge in [-0.15, -0.1) is 0 Å². The molecule has 0 radical (unpaired) electrons. The van der Waals surface area contributed by atoms with E-state index in [0.29, 0.717) is 27.7 Å². The summed E-state index contributed by atoms with van der Waals surface area (Å²) in [4.78, 5) is 23.6. The predicted molar refractivity (Wildman–Crippen MR) is 103 cm³/mol. The van der Waals surface area contributed by atoms with Crippen molar-refractivity contribution in [3.05, 3.63) is 52.6 Å². The van der Waals surface area contributed by atoms with E-state index in [2.05, 4.69) is 0 Å². The first-order chi connectivity index (χ1) is 13.1. The highest BCUT2D eigenvalue weighted by molar-refractivity contribution is 6.01. The zero-order chi connectivity index (χ0) is 20.5. The van der Waals surface area contributed by atoms with Crippen LogP contribution in [0.4, 0.5) is 0 Å². The number of hydrogen-bond donors (Lipinski definition) is 1. The van der Waals surface area contributed by atoms with Gasteiger partial charge in [0.05, 0.1) is 22.6 Å². The van der Waals surface area contributed by atoms with Crippen molar-refractivity contribution in [2.24, 2.45) is 0 Å². The summed E-state index contributed by atoms with van der Waals surface area (Å²) in [5, 5.41) is 11.6. The van der Waals surface area contributed by atoms with E-state index in [1.54, 1.807) is 32.0 Å². The van der Waals surface area contributed by atoms with Gasteiger partial charge in [-0.05, 0) is 39.8 Å². The minimum absolute atomic E-state index is 0.107. The molecule has 0 saturated heterocycles. The van der Waals surface area contributed by atoms with Crippen LogP contribution in [0.3, 0.4) is 0 Å². The number of hydrogen-bond acceptors (Lipinski definition) is 7. The van der Waals surface area contributed by atoms with Gasteiger partial charge >= 0.3 is 11.6 Å². The van der Waals surface area contributed by atoms with Crippen LogP contribution in [-0.2, 0) is 9.53 Å². The molecular formula is C21H22O7. The quantitative estimate of drug-likeness (QED) is 0.393. The molecule has 0 spiro atoms. The van der Waals surface area contributed by atoms with Gasteiger partial charge in [0.15, 0.2) is 6.10 Å². The summed E-state index contributed by atoms with van der Waals surface area (Å²) in [5.74, 6) is -0.148. The smallest absolute Gasteiger partial charge is 0.336 e. The Morgan fingerprint density at radius 3 is 2.61 bits per heavy atom. The molecule has 3 rings (SSSR count). The van der Waals surface area contributed by atoms with Crippen molar-refractivity contribution < 1.29 is 28.2 Å². The molecule has 1 N–H and O–H groups in total. The van der Waals surface area contributed by atoms with Gasteiger partial charge in [-0.25, -0.2) is 9.59 Å². The number of carbonyl (C=O) groups is 1. The lowest BCUT2D eigenvalue weighted by Crippen LogP contribution is -2.43. The van der Waals surface area contributed by atoms with E-state index in [1.165, 1.54) is 32.3 Å². The summed E-state index contributed by atoms with van der Waals surface area (Å²) >= 11 is 0. The van der Waals surface area contributed by atoms with Crippen LogP contribution in [0.2, 0.25) is 0 Å². The third-order valence-corrected chi connectivity index (χ3v) is 4.14. The Labute approximate surface area is 161 Å². The lowest BCUT2D eigenvalue weighted by molar-refractivity contribution is -0.159. The molecular weight excluding hydrogens is 364 g/mol. The van der Waals surface area contributed by atoms with Gasteiger partial charge in [0.1, 0.15) is 23.5 Å². The molecule has 1 atom stereocenters. The van der Waals surface area contributed by atoms with Gasteiger partial charge in [0.2, 0.25) is 0 Å². The first-order valence-corrected chi connectivity index (χ1v) is 8.80. The Morgan fingerprint density at radius 1 is 1.21 bits per heavy atom. The van der Waals surface area contributed by atoms with Crippen LogP contribution in [0.1, 0.15) is 27.7 Å². The Morgan fingerprint density at radius 2 is 1.93 bits per heavy atom. The van der Waals surface area contributed by atoms with E-state index >= 15 is 0 Å². The fraction of sp³-hybridized carbons (Fsp3) is 0.333. The number of esters is 1. The molecule has 1 unspecified atom stereocenters. The predicted octanol–water partition coefficient (Wildman–Crippen LogP) is 3.57. The molecule has 3 aromatic rings. The molecule has 0 amide bonds.